The van der Waals surface area contributed by atoms with E-state index in [2.05, 4.69) is 12.2 Å². The lowest BCUT2D eigenvalue weighted by Gasteiger charge is -2.13. The molecule has 0 radical (unpaired) electrons. The highest BCUT2D eigenvalue weighted by Crippen LogP contribution is 1.90. The van der Waals surface area contributed by atoms with Gasteiger partial charge in [0.15, 0.2) is 5.43 Å². The molecule has 1 heterocycles. The Morgan fingerprint density at radius 2 is 2.13 bits per heavy atom. The van der Waals surface area contributed by atoms with Crippen LogP contribution in [0.1, 0.15) is 13.3 Å². The molecule has 0 fully saturated rings. The molecule has 1 aromatic heterocycles. The summed E-state index contributed by atoms with van der Waals surface area (Å²) in [4.78, 5) is 10.8. The lowest BCUT2D eigenvalue weighted by atomic mass is 10.3. The molecule has 0 spiro atoms. The molecular formula is C11H18N2O2. The Kier molecular flexibility index (Phi) is 5.07. The molecule has 4 nitrogen and oxygen atoms in total. The van der Waals surface area contributed by atoms with E-state index in [0.717, 1.165) is 13.0 Å². The van der Waals surface area contributed by atoms with Gasteiger partial charge in [-0.15, -0.1) is 0 Å². The molecule has 4 heteroatoms. The van der Waals surface area contributed by atoms with Crippen LogP contribution in [0.3, 0.4) is 0 Å². The van der Waals surface area contributed by atoms with Crippen LogP contribution < -0.4 is 10.7 Å². The molecule has 1 unspecified atom stereocenters. The predicted octanol–water partition coefficient (Wildman–Crippen LogP) is 0.209. The molecule has 0 saturated heterocycles. The highest BCUT2D eigenvalue weighted by molar-refractivity contribution is 4.93. The Morgan fingerprint density at radius 1 is 1.47 bits per heavy atom. The van der Waals surface area contributed by atoms with Crippen molar-refractivity contribution in [1.29, 1.82) is 0 Å². The van der Waals surface area contributed by atoms with Gasteiger partial charge in [-0.25, -0.2) is 0 Å². The van der Waals surface area contributed by atoms with Gasteiger partial charge in [0, 0.05) is 37.6 Å². The van der Waals surface area contributed by atoms with Crippen molar-refractivity contribution >= 4 is 0 Å². The maximum absolute atomic E-state index is 10.8. The molecule has 0 aliphatic rings. The zero-order chi connectivity index (χ0) is 11.1. The topological polar surface area (TPSA) is 54.3 Å². The van der Waals surface area contributed by atoms with Crippen molar-refractivity contribution in [2.75, 3.05) is 13.1 Å². The van der Waals surface area contributed by atoms with Gasteiger partial charge in [0.05, 0.1) is 6.10 Å². The first-order valence-electron chi connectivity index (χ1n) is 5.27. The van der Waals surface area contributed by atoms with Gasteiger partial charge in [-0.05, 0) is 13.0 Å². The number of hydrogen-bond donors (Lipinski definition) is 2. The number of pyridine rings is 1. The molecule has 15 heavy (non-hydrogen) atoms. The van der Waals surface area contributed by atoms with Gasteiger partial charge in [-0.1, -0.05) is 6.92 Å². The normalized spacial score (nSPS) is 12.7. The molecule has 1 aromatic rings. The summed E-state index contributed by atoms with van der Waals surface area (Å²) in [5.74, 6) is 0. The summed E-state index contributed by atoms with van der Waals surface area (Å²) in [6, 6.07) is 2.98. The number of aliphatic hydroxyl groups excluding tert-OH is 1. The van der Waals surface area contributed by atoms with Crippen molar-refractivity contribution in [3.05, 3.63) is 34.7 Å². The molecule has 0 aromatic carbocycles. The minimum absolute atomic E-state index is 0.00940. The van der Waals surface area contributed by atoms with Crippen LogP contribution in [0.25, 0.3) is 0 Å². The summed E-state index contributed by atoms with van der Waals surface area (Å²) >= 11 is 0. The van der Waals surface area contributed by atoms with Gasteiger partial charge in [0.25, 0.3) is 0 Å². The van der Waals surface area contributed by atoms with Crippen LogP contribution in [-0.2, 0) is 6.54 Å². The highest BCUT2D eigenvalue weighted by atomic mass is 16.3. The standard InChI is InChI=1S/C11H18N2O2/c1-2-5-12-8-11(15)9-13-6-3-10(14)4-7-13/h3-4,6-7,11-12,15H,2,5,8-9H2,1H3. The summed E-state index contributed by atoms with van der Waals surface area (Å²) in [6.45, 7) is 4.10. The van der Waals surface area contributed by atoms with E-state index < -0.39 is 6.10 Å². The maximum Gasteiger partial charge on any atom is 0.181 e. The summed E-state index contributed by atoms with van der Waals surface area (Å²) in [5.41, 5.74) is -0.00940. The minimum atomic E-state index is -0.418. The van der Waals surface area contributed by atoms with Crippen LogP contribution in [0.4, 0.5) is 0 Å². The number of aliphatic hydroxyl groups is 1. The summed E-state index contributed by atoms with van der Waals surface area (Å²) in [5, 5.41) is 12.8. The first-order valence-corrected chi connectivity index (χ1v) is 5.27. The molecule has 0 aliphatic carbocycles. The summed E-state index contributed by atoms with van der Waals surface area (Å²) in [7, 11) is 0. The molecule has 1 atom stereocenters. The molecule has 0 amide bonds. The van der Waals surface area contributed by atoms with Crippen LogP contribution >= 0.6 is 0 Å². The third kappa shape index (κ3) is 4.76. The smallest absolute Gasteiger partial charge is 0.181 e. The molecule has 0 saturated carbocycles. The molecule has 0 bridgehead atoms. The first kappa shape index (κ1) is 11.9. The Labute approximate surface area is 89.6 Å². The molecule has 84 valence electrons. The molecular weight excluding hydrogens is 192 g/mol. The van der Waals surface area contributed by atoms with Crippen molar-refractivity contribution in [2.45, 2.75) is 26.0 Å². The van der Waals surface area contributed by atoms with E-state index >= 15 is 0 Å². The summed E-state index contributed by atoms with van der Waals surface area (Å²) in [6.07, 6.45) is 4.01. The van der Waals surface area contributed by atoms with Gasteiger partial charge >= 0.3 is 0 Å². The van der Waals surface area contributed by atoms with Gasteiger partial charge in [-0.2, -0.15) is 0 Å². The van der Waals surface area contributed by atoms with Crippen LogP contribution in [0.2, 0.25) is 0 Å². The number of aromatic nitrogens is 1. The zero-order valence-electron chi connectivity index (χ0n) is 9.02. The van der Waals surface area contributed by atoms with E-state index in [1.54, 1.807) is 17.0 Å². The maximum atomic E-state index is 10.8. The van der Waals surface area contributed by atoms with Crippen molar-refractivity contribution in [2.24, 2.45) is 0 Å². The molecule has 2 N–H and O–H groups in total. The van der Waals surface area contributed by atoms with Crippen LogP contribution in [0, 0.1) is 0 Å². The van der Waals surface area contributed by atoms with E-state index in [1.807, 2.05) is 0 Å². The van der Waals surface area contributed by atoms with Crippen molar-refractivity contribution < 1.29 is 5.11 Å². The van der Waals surface area contributed by atoms with Crippen LogP contribution in [0.15, 0.2) is 29.3 Å². The monoisotopic (exact) mass is 210 g/mol. The van der Waals surface area contributed by atoms with Gasteiger partial charge < -0.3 is 15.0 Å². The Bertz CT molecular complexity index is 315. The fraction of sp³-hybridized carbons (Fsp3) is 0.545. The first-order chi connectivity index (χ1) is 7.22. The zero-order valence-corrected chi connectivity index (χ0v) is 9.02. The minimum Gasteiger partial charge on any atom is -0.390 e. The largest absolute Gasteiger partial charge is 0.390 e. The van der Waals surface area contributed by atoms with E-state index in [0.29, 0.717) is 13.1 Å². The number of nitrogens with one attached hydrogen (secondary N) is 1. The second kappa shape index (κ2) is 6.37. The third-order valence-corrected chi connectivity index (χ3v) is 2.09. The average Bonchev–Trinajstić information content (AvgIpc) is 2.22. The molecule has 0 aliphatic heterocycles. The average molecular weight is 210 g/mol. The van der Waals surface area contributed by atoms with Gasteiger partial charge in [0.1, 0.15) is 0 Å². The number of hydrogen-bond acceptors (Lipinski definition) is 3. The second-order valence-corrected chi connectivity index (χ2v) is 3.59. The van der Waals surface area contributed by atoms with E-state index in [-0.39, 0.29) is 5.43 Å². The van der Waals surface area contributed by atoms with E-state index in [9.17, 15) is 9.90 Å². The van der Waals surface area contributed by atoms with Crippen molar-refractivity contribution in [3.8, 4) is 0 Å². The quantitative estimate of drug-likeness (QED) is 0.660. The third-order valence-electron chi connectivity index (χ3n) is 2.09. The summed E-state index contributed by atoms with van der Waals surface area (Å²) < 4.78 is 1.81. The van der Waals surface area contributed by atoms with Crippen LogP contribution in [0.5, 0.6) is 0 Å². The lowest BCUT2D eigenvalue weighted by Crippen LogP contribution is -2.30. The highest BCUT2D eigenvalue weighted by Gasteiger charge is 2.02. The van der Waals surface area contributed by atoms with E-state index in [4.69, 9.17) is 0 Å². The van der Waals surface area contributed by atoms with Crippen molar-refractivity contribution in [1.82, 2.24) is 9.88 Å². The van der Waals surface area contributed by atoms with Gasteiger partial charge in [0.2, 0.25) is 0 Å². The van der Waals surface area contributed by atoms with Crippen molar-refractivity contribution in [3.63, 3.8) is 0 Å². The number of rotatable bonds is 6. The Morgan fingerprint density at radius 3 is 2.73 bits per heavy atom. The predicted molar refractivity (Wildman–Crippen MR) is 59.9 cm³/mol. The second-order valence-electron chi connectivity index (χ2n) is 3.59. The van der Waals surface area contributed by atoms with Crippen LogP contribution in [-0.4, -0.2) is 28.9 Å². The fourth-order valence-electron chi connectivity index (χ4n) is 1.32. The van der Waals surface area contributed by atoms with E-state index in [1.165, 1.54) is 12.1 Å². The lowest BCUT2D eigenvalue weighted by molar-refractivity contribution is 0.151. The molecule has 1 rings (SSSR count). The Hall–Kier alpha value is -1.13. The number of nitrogens with zero attached hydrogens (tertiary/aromatic N) is 1. The fourth-order valence-corrected chi connectivity index (χ4v) is 1.32. The van der Waals surface area contributed by atoms with Gasteiger partial charge in [-0.3, -0.25) is 4.79 Å². The Balaban J connectivity index is 2.34. The SMILES string of the molecule is CCCNCC(O)Cn1ccc(=O)cc1.